The highest BCUT2D eigenvalue weighted by atomic mass is 19.4. The van der Waals surface area contributed by atoms with Crippen molar-refractivity contribution in [3.05, 3.63) is 65.0 Å². The van der Waals surface area contributed by atoms with Gasteiger partial charge in [0.2, 0.25) is 0 Å². The van der Waals surface area contributed by atoms with E-state index in [0.29, 0.717) is 17.7 Å². The number of hydrogen-bond donors (Lipinski definition) is 1. The number of carbonyl (C=O) groups is 1. The number of nitrogens with one attached hydrogen (secondary N) is 1. The molecule has 0 atom stereocenters. The predicted octanol–water partition coefficient (Wildman–Crippen LogP) is 4.30. The molecule has 1 fully saturated rings. The van der Waals surface area contributed by atoms with E-state index in [1.165, 1.54) is 0 Å². The average molecular weight is 423 g/mol. The molecule has 2 aromatic carbocycles. The smallest absolute Gasteiger partial charge is 0.369 e. The number of halogens is 4. The highest BCUT2D eigenvalue weighted by Crippen LogP contribution is 2.32. The fraction of sp³-hybridized carbons (Fsp3) is 0.409. The Kier molecular flexibility index (Phi) is 6.65. The maximum absolute atomic E-state index is 13.2. The lowest BCUT2D eigenvalue weighted by Gasteiger charge is -2.38. The fourth-order valence-electron chi connectivity index (χ4n) is 3.56. The number of nitrogens with zero attached hydrogens (tertiary/aromatic N) is 2. The van der Waals surface area contributed by atoms with Crippen LogP contribution in [-0.4, -0.2) is 43.0 Å². The minimum absolute atomic E-state index is 0.183. The third kappa shape index (κ3) is 5.30. The molecule has 0 saturated carbocycles. The van der Waals surface area contributed by atoms with Crippen molar-refractivity contribution in [2.45, 2.75) is 32.6 Å². The van der Waals surface area contributed by atoms with Gasteiger partial charge in [0.25, 0.3) is 5.91 Å². The van der Waals surface area contributed by atoms with E-state index >= 15 is 0 Å². The molecule has 162 valence electrons. The van der Waals surface area contributed by atoms with Crippen molar-refractivity contribution < 1.29 is 22.4 Å². The van der Waals surface area contributed by atoms with Gasteiger partial charge in [-0.05, 0) is 55.8 Å². The summed E-state index contributed by atoms with van der Waals surface area (Å²) >= 11 is 0. The van der Waals surface area contributed by atoms with Crippen molar-refractivity contribution in [2.75, 3.05) is 31.1 Å². The van der Waals surface area contributed by atoms with Crippen molar-refractivity contribution in [1.82, 2.24) is 10.2 Å². The molecule has 1 aliphatic heterocycles. The SMILES string of the molecule is CC(C)N1CCN(c2ccc(C(=O)NCc3ccc(F)cc3C(F)(F)F)cc2)CC1. The van der Waals surface area contributed by atoms with Gasteiger partial charge in [-0.3, -0.25) is 9.69 Å². The standard InChI is InChI=1S/C22H25F4N3O/c1-15(2)28-9-11-29(12-10-28)19-7-4-16(5-8-19)21(30)27-14-17-3-6-18(23)13-20(17)22(24,25)26/h3-8,13,15H,9-12,14H2,1-2H3,(H,27,30). The molecule has 1 N–H and O–H groups in total. The Bertz CT molecular complexity index is 873. The van der Waals surface area contributed by atoms with Gasteiger partial charge in [-0.2, -0.15) is 13.2 Å². The molecule has 1 saturated heterocycles. The first-order valence-electron chi connectivity index (χ1n) is 9.88. The van der Waals surface area contributed by atoms with E-state index in [-0.39, 0.29) is 12.1 Å². The Balaban J connectivity index is 1.61. The Hall–Kier alpha value is -2.61. The number of piperazine rings is 1. The molecule has 2 aromatic rings. The molecule has 0 bridgehead atoms. The van der Waals surface area contributed by atoms with Gasteiger partial charge in [0.1, 0.15) is 5.82 Å². The van der Waals surface area contributed by atoms with Gasteiger partial charge in [-0.25, -0.2) is 4.39 Å². The van der Waals surface area contributed by atoms with Crippen molar-refractivity contribution in [3.63, 3.8) is 0 Å². The van der Waals surface area contributed by atoms with Crippen LogP contribution in [0.5, 0.6) is 0 Å². The quantitative estimate of drug-likeness (QED) is 0.729. The minimum atomic E-state index is -4.69. The first-order chi connectivity index (χ1) is 14.1. The van der Waals surface area contributed by atoms with E-state index in [9.17, 15) is 22.4 Å². The molecule has 3 rings (SSSR count). The second kappa shape index (κ2) is 9.04. The van der Waals surface area contributed by atoms with Gasteiger partial charge in [0.05, 0.1) is 5.56 Å². The van der Waals surface area contributed by atoms with Crippen LogP contribution in [0.2, 0.25) is 0 Å². The number of hydrogen-bond acceptors (Lipinski definition) is 3. The Labute approximate surface area is 173 Å². The maximum Gasteiger partial charge on any atom is 0.416 e. The van der Waals surface area contributed by atoms with Crippen LogP contribution in [-0.2, 0) is 12.7 Å². The van der Waals surface area contributed by atoms with Crippen LogP contribution in [0.15, 0.2) is 42.5 Å². The zero-order valence-electron chi connectivity index (χ0n) is 17.0. The van der Waals surface area contributed by atoms with Gasteiger partial charge >= 0.3 is 6.18 Å². The lowest BCUT2D eigenvalue weighted by Crippen LogP contribution is -2.48. The maximum atomic E-state index is 13.2. The largest absolute Gasteiger partial charge is 0.416 e. The molecule has 1 amide bonds. The molecule has 0 radical (unpaired) electrons. The average Bonchev–Trinajstić information content (AvgIpc) is 2.72. The zero-order chi connectivity index (χ0) is 21.9. The van der Waals surface area contributed by atoms with Crippen molar-refractivity contribution in [3.8, 4) is 0 Å². The van der Waals surface area contributed by atoms with Crippen molar-refractivity contribution in [2.24, 2.45) is 0 Å². The summed E-state index contributed by atoms with van der Waals surface area (Å²) in [6.45, 7) is 7.74. The first kappa shape index (κ1) is 22.1. The number of alkyl halides is 3. The normalized spacial score (nSPS) is 15.5. The van der Waals surface area contributed by atoms with Gasteiger partial charge in [0, 0.05) is 50.0 Å². The van der Waals surface area contributed by atoms with Crippen LogP contribution in [0.25, 0.3) is 0 Å². The molecule has 8 heteroatoms. The van der Waals surface area contributed by atoms with Gasteiger partial charge in [-0.15, -0.1) is 0 Å². The minimum Gasteiger partial charge on any atom is -0.369 e. The number of benzene rings is 2. The summed E-state index contributed by atoms with van der Waals surface area (Å²) < 4.78 is 52.4. The Morgan fingerprint density at radius 1 is 1.03 bits per heavy atom. The lowest BCUT2D eigenvalue weighted by molar-refractivity contribution is -0.138. The number of rotatable bonds is 5. The summed E-state index contributed by atoms with van der Waals surface area (Å²) in [4.78, 5) is 17.0. The first-order valence-corrected chi connectivity index (χ1v) is 9.88. The molecule has 1 heterocycles. The third-order valence-corrected chi connectivity index (χ3v) is 5.36. The van der Waals surface area contributed by atoms with Gasteiger partial charge in [0.15, 0.2) is 0 Å². The highest BCUT2D eigenvalue weighted by Gasteiger charge is 2.33. The molecule has 30 heavy (non-hydrogen) atoms. The zero-order valence-corrected chi connectivity index (χ0v) is 17.0. The summed E-state index contributed by atoms with van der Waals surface area (Å²) in [7, 11) is 0. The van der Waals surface area contributed by atoms with Crippen LogP contribution in [0.1, 0.15) is 35.3 Å². The Morgan fingerprint density at radius 2 is 1.67 bits per heavy atom. The summed E-state index contributed by atoms with van der Waals surface area (Å²) in [5.74, 6) is -1.45. The van der Waals surface area contributed by atoms with E-state index < -0.39 is 23.5 Å². The van der Waals surface area contributed by atoms with Crippen molar-refractivity contribution >= 4 is 11.6 Å². The predicted molar refractivity (Wildman–Crippen MR) is 108 cm³/mol. The number of anilines is 1. The van der Waals surface area contributed by atoms with Crippen LogP contribution in [0.3, 0.4) is 0 Å². The summed E-state index contributed by atoms with van der Waals surface area (Å²) in [5, 5.41) is 2.48. The van der Waals surface area contributed by atoms with E-state index in [4.69, 9.17) is 0 Å². The van der Waals surface area contributed by atoms with E-state index in [1.807, 2.05) is 12.1 Å². The van der Waals surface area contributed by atoms with Crippen LogP contribution in [0, 0.1) is 5.82 Å². The molecule has 0 spiro atoms. The molecule has 1 aliphatic rings. The topological polar surface area (TPSA) is 35.6 Å². The van der Waals surface area contributed by atoms with E-state index in [2.05, 4.69) is 29.0 Å². The number of amides is 1. The molecule has 0 unspecified atom stereocenters. The number of carbonyl (C=O) groups excluding carboxylic acids is 1. The summed E-state index contributed by atoms with van der Waals surface area (Å²) in [5.41, 5.74) is 0.0960. The second-order valence-corrected chi connectivity index (χ2v) is 7.65. The fourth-order valence-corrected chi connectivity index (χ4v) is 3.56. The second-order valence-electron chi connectivity index (χ2n) is 7.65. The molecule has 0 aliphatic carbocycles. The van der Waals surface area contributed by atoms with Gasteiger partial charge in [-0.1, -0.05) is 6.07 Å². The summed E-state index contributed by atoms with van der Waals surface area (Å²) in [6.07, 6.45) is -4.69. The molecular formula is C22H25F4N3O. The van der Waals surface area contributed by atoms with Crippen LogP contribution in [0.4, 0.5) is 23.2 Å². The Morgan fingerprint density at radius 3 is 2.23 bits per heavy atom. The molecular weight excluding hydrogens is 398 g/mol. The molecule has 4 nitrogen and oxygen atoms in total. The van der Waals surface area contributed by atoms with Crippen molar-refractivity contribution in [1.29, 1.82) is 0 Å². The highest BCUT2D eigenvalue weighted by molar-refractivity contribution is 5.94. The summed E-state index contributed by atoms with van der Waals surface area (Å²) in [6, 6.07) is 9.96. The van der Waals surface area contributed by atoms with E-state index in [0.717, 1.165) is 44.0 Å². The van der Waals surface area contributed by atoms with Crippen LogP contribution < -0.4 is 10.2 Å². The third-order valence-electron chi connectivity index (χ3n) is 5.36. The van der Waals surface area contributed by atoms with Gasteiger partial charge < -0.3 is 10.2 Å². The molecule has 0 aromatic heterocycles. The lowest BCUT2D eigenvalue weighted by atomic mass is 10.1. The van der Waals surface area contributed by atoms with E-state index in [1.54, 1.807) is 12.1 Å². The van der Waals surface area contributed by atoms with Crippen LogP contribution >= 0.6 is 0 Å². The monoisotopic (exact) mass is 423 g/mol.